The van der Waals surface area contributed by atoms with Crippen LogP contribution in [0.15, 0.2) is 48.5 Å². The van der Waals surface area contributed by atoms with Crippen LogP contribution in [0.3, 0.4) is 0 Å². The second-order valence-electron chi connectivity index (χ2n) is 5.71. The number of anilines is 2. The molecule has 1 atom stereocenters. The fourth-order valence-electron chi connectivity index (χ4n) is 2.94. The molecule has 0 aromatic heterocycles. The van der Waals surface area contributed by atoms with Gasteiger partial charge in [-0.3, -0.25) is 4.79 Å². The first kappa shape index (κ1) is 16.1. The van der Waals surface area contributed by atoms with E-state index in [0.717, 1.165) is 17.7 Å². The topological polar surface area (TPSA) is 58.6 Å². The van der Waals surface area contributed by atoms with Gasteiger partial charge in [0.25, 0.3) is 5.91 Å². The molecule has 2 aromatic carbocycles. The first-order valence-electron chi connectivity index (χ1n) is 7.99. The lowest BCUT2D eigenvalue weighted by Crippen LogP contribution is -2.39. The second-order valence-corrected chi connectivity index (χ2v) is 5.71. The van der Waals surface area contributed by atoms with Crippen molar-refractivity contribution < 1.29 is 14.3 Å². The molecule has 0 unspecified atom stereocenters. The fraction of sp³-hybridized carbons (Fsp3) is 0.263. The number of para-hydroxylation sites is 2. The van der Waals surface area contributed by atoms with Gasteiger partial charge in [0.1, 0.15) is 0 Å². The Labute approximate surface area is 141 Å². The molecule has 3 rings (SSSR count). The Morgan fingerprint density at radius 1 is 1.12 bits per heavy atom. The first-order chi connectivity index (χ1) is 11.6. The smallest absolute Gasteiger partial charge is 0.341 e. The van der Waals surface area contributed by atoms with Gasteiger partial charge in [0.15, 0.2) is 6.10 Å². The molecular weight excluding hydrogens is 304 g/mol. The number of benzene rings is 2. The molecule has 24 heavy (non-hydrogen) atoms. The van der Waals surface area contributed by atoms with E-state index in [4.69, 9.17) is 4.74 Å². The Bertz CT molecular complexity index is 773. The summed E-state index contributed by atoms with van der Waals surface area (Å²) in [5.41, 5.74) is 3.14. The number of hydrogen-bond donors (Lipinski definition) is 1. The Morgan fingerprint density at radius 2 is 1.83 bits per heavy atom. The number of esters is 1. The molecule has 1 aliphatic heterocycles. The fourth-order valence-corrected chi connectivity index (χ4v) is 2.94. The Hall–Kier alpha value is -2.82. The minimum atomic E-state index is -0.839. The van der Waals surface area contributed by atoms with Crippen LogP contribution in [0.5, 0.6) is 0 Å². The summed E-state index contributed by atoms with van der Waals surface area (Å²) < 4.78 is 5.40. The van der Waals surface area contributed by atoms with Gasteiger partial charge in [0.2, 0.25) is 0 Å². The third kappa shape index (κ3) is 2.97. The highest BCUT2D eigenvalue weighted by Gasteiger charge is 2.30. The van der Waals surface area contributed by atoms with Crippen LogP contribution in [-0.4, -0.2) is 31.6 Å². The predicted molar refractivity (Wildman–Crippen MR) is 93.4 cm³/mol. The van der Waals surface area contributed by atoms with Crippen molar-refractivity contribution in [2.45, 2.75) is 19.4 Å². The van der Waals surface area contributed by atoms with Gasteiger partial charge in [-0.15, -0.1) is 0 Å². The summed E-state index contributed by atoms with van der Waals surface area (Å²) in [5, 5.41) is 2.95. The van der Waals surface area contributed by atoms with E-state index in [-0.39, 0.29) is 5.91 Å². The van der Waals surface area contributed by atoms with Gasteiger partial charge in [0, 0.05) is 25.0 Å². The van der Waals surface area contributed by atoms with Crippen molar-refractivity contribution in [1.29, 1.82) is 0 Å². The highest BCUT2D eigenvalue weighted by molar-refractivity contribution is 6.01. The third-order valence-corrected chi connectivity index (χ3v) is 4.20. The van der Waals surface area contributed by atoms with E-state index in [1.54, 1.807) is 37.1 Å². The molecule has 124 valence electrons. The van der Waals surface area contributed by atoms with Crippen molar-refractivity contribution in [1.82, 2.24) is 0 Å². The highest BCUT2D eigenvalue weighted by atomic mass is 16.5. The second kappa shape index (κ2) is 6.74. The zero-order chi connectivity index (χ0) is 17.1. The lowest BCUT2D eigenvalue weighted by molar-refractivity contribution is -0.126. The summed E-state index contributed by atoms with van der Waals surface area (Å²) in [6.07, 6.45) is -0.0147. The average Bonchev–Trinajstić information content (AvgIpc) is 3.04. The van der Waals surface area contributed by atoms with Gasteiger partial charge in [-0.05, 0) is 37.1 Å². The number of amides is 1. The third-order valence-electron chi connectivity index (χ3n) is 4.20. The highest BCUT2D eigenvalue weighted by Crippen LogP contribution is 2.28. The molecule has 1 N–H and O–H groups in total. The SMILES string of the molecule is CNc1ccccc1C(=O)O[C@H](C)C(=O)N1CCc2ccccc21. The minimum absolute atomic E-state index is 0.199. The lowest BCUT2D eigenvalue weighted by atomic mass is 10.1. The number of fused-ring (bicyclic) bond motifs is 1. The Morgan fingerprint density at radius 3 is 2.62 bits per heavy atom. The van der Waals surface area contributed by atoms with Crippen molar-refractivity contribution in [3.8, 4) is 0 Å². The van der Waals surface area contributed by atoms with Crippen molar-refractivity contribution in [2.75, 3.05) is 23.8 Å². The van der Waals surface area contributed by atoms with Gasteiger partial charge < -0.3 is 15.0 Å². The maximum absolute atomic E-state index is 12.7. The molecule has 0 spiro atoms. The van der Waals surface area contributed by atoms with E-state index in [1.807, 2.05) is 30.3 Å². The monoisotopic (exact) mass is 324 g/mol. The van der Waals surface area contributed by atoms with Crippen LogP contribution in [0.25, 0.3) is 0 Å². The van der Waals surface area contributed by atoms with Crippen LogP contribution in [0.2, 0.25) is 0 Å². The number of nitrogens with zero attached hydrogens (tertiary/aromatic N) is 1. The Balaban J connectivity index is 1.72. The normalized spacial score (nSPS) is 14.0. The molecule has 1 amide bonds. The zero-order valence-electron chi connectivity index (χ0n) is 13.8. The number of nitrogens with one attached hydrogen (secondary N) is 1. The van der Waals surface area contributed by atoms with E-state index in [1.165, 1.54) is 0 Å². The van der Waals surface area contributed by atoms with E-state index in [2.05, 4.69) is 5.32 Å². The average molecular weight is 324 g/mol. The standard InChI is InChI=1S/C19H20N2O3/c1-13(24-19(23)15-8-4-5-9-16(15)20-2)18(22)21-12-11-14-7-3-6-10-17(14)21/h3-10,13,20H,11-12H2,1-2H3/t13-/m1/s1. The van der Waals surface area contributed by atoms with Gasteiger partial charge in [-0.25, -0.2) is 4.79 Å². The maximum Gasteiger partial charge on any atom is 0.341 e. The lowest BCUT2D eigenvalue weighted by Gasteiger charge is -2.22. The summed E-state index contributed by atoms with van der Waals surface area (Å²) in [6.45, 7) is 2.23. The summed E-state index contributed by atoms with van der Waals surface area (Å²) in [4.78, 5) is 26.7. The van der Waals surface area contributed by atoms with Crippen LogP contribution >= 0.6 is 0 Å². The first-order valence-corrected chi connectivity index (χ1v) is 7.99. The molecule has 0 saturated carbocycles. The summed E-state index contributed by atoms with van der Waals surface area (Å²) >= 11 is 0. The molecule has 0 fully saturated rings. The van der Waals surface area contributed by atoms with Crippen molar-refractivity contribution in [2.24, 2.45) is 0 Å². The van der Waals surface area contributed by atoms with Crippen LogP contribution in [0.1, 0.15) is 22.8 Å². The summed E-state index contributed by atoms with van der Waals surface area (Å²) in [5.74, 6) is -0.705. The molecule has 0 radical (unpaired) electrons. The molecule has 0 saturated heterocycles. The Kier molecular flexibility index (Phi) is 4.51. The number of rotatable bonds is 4. The van der Waals surface area contributed by atoms with Crippen molar-refractivity contribution in [3.05, 3.63) is 59.7 Å². The number of ether oxygens (including phenoxy) is 1. The number of hydrogen-bond acceptors (Lipinski definition) is 4. The largest absolute Gasteiger partial charge is 0.449 e. The van der Waals surface area contributed by atoms with Gasteiger partial charge >= 0.3 is 5.97 Å². The van der Waals surface area contributed by atoms with Gasteiger partial charge in [-0.2, -0.15) is 0 Å². The van der Waals surface area contributed by atoms with Crippen molar-refractivity contribution >= 4 is 23.3 Å². The molecule has 5 heteroatoms. The molecule has 0 bridgehead atoms. The van der Waals surface area contributed by atoms with E-state index in [9.17, 15) is 9.59 Å². The van der Waals surface area contributed by atoms with Crippen LogP contribution in [0.4, 0.5) is 11.4 Å². The van der Waals surface area contributed by atoms with Crippen LogP contribution in [-0.2, 0) is 16.0 Å². The molecule has 0 aliphatic carbocycles. The van der Waals surface area contributed by atoms with Crippen molar-refractivity contribution in [3.63, 3.8) is 0 Å². The van der Waals surface area contributed by atoms with E-state index in [0.29, 0.717) is 17.8 Å². The van der Waals surface area contributed by atoms with E-state index < -0.39 is 12.1 Å². The maximum atomic E-state index is 12.7. The number of carbonyl (C=O) groups excluding carboxylic acids is 2. The minimum Gasteiger partial charge on any atom is -0.449 e. The molecule has 5 nitrogen and oxygen atoms in total. The van der Waals surface area contributed by atoms with Crippen LogP contribution in [0, 0.1) is 0 Å². The molecule has 1 aliphatic rings. The van der Waals surface area contributed by atoms with Gasteiger partial charge in [0.05, 0.1) is 5.56 Å². The van der Waals surface area contributed by atoms with Crippen LogP contribution < -0.4 is 10.2 Å². The van der Waals surface area contributed by atoms with E-state index >= 15 is 0 Å². The summed E-state index contributed by atoms with van der Waals surface area (Å²) in [6, 6.07) is 14.9. The molecular formula is C19H20N2O3. The summed E-state index contributed by atoms with van der Waals surface area (Å²) in [7, 11) is 1.74. The number of carbonyl (C=O) groups is 2. The predicted octanol–water partition coefficient (Wildman–Crippen LogP) is 2.86. The molecule has 1 heterocycles. The quantitative estimate of drug-likeness (QED) is 0.879. The zero-order valence-corrected chi connectivity index (χ0v) is 13.8. The van der Waals surface area contributed by atoms with Gasteiger partial charge in [-0.1, -0.05) is 30.3 Å². The molecule has 2 aromatic rings.